The molecule has 0 heterocycles. The first-order valence-corrected chi connectivity index (χ1v) is 13.2. The van der Waals surface area contributed by atoms with E-state index in [1.54, 1.807) is 12.1 Å². The van der Waals surface area contributed by atoms with Gasteiger partial charge in [0, 0.05) is 18.5 Å². The molecule has 3 unspecified atom stereocenters. The Bertz CT molecular complexity index is 1160. The van der Waals surface area contributed by atoms with Crippen LogP contribution >= 0.6 is 0 Å². The number of hydrogen-bond donors (Lipinski definition) is 1. The van der Waals surface area contributed by atoms with Crippen molar-refractivity contribution in [2.75, 3.05) is 13.6 Å². The Morgan fingerprint density at radius 1 is 1.00 bits per heavy atom. The smallest absolute Gasteiger partial charge is 0.416 e. The maximum Gasteiger partial charge on any atom is 0.416 e. The van der Waals surface area contributed by atoms with Crippen molar-refractivity contribution in [2.24, 2.45) is 5.41 Å². The predicted octanol–water partition coefficient (Wildman–Crippen LogP) is 7.83. The minimum Gasteiger partial charge on any atom is -0.481 e. The lowest BCUT2D eigenvalue weighted by Crippen LogP contribution is -2.45. The number of rotatable bonds is 8. The molecule has 2 aromatic carbocycles. The van der Waals surface area contributed by atoms with Crippen LogP contribution < -0.4 is 0 Å². The van der Waals surface area contributed by atoms with Gasteiger partial charge in [-0.25, -0.2) is 4.39 Å². The molecular formula is C29H32F7NO3. The highest BCUT2D eigenvalue weighted by Crippen LogP contribution is 2.45. The zero-order valence-electron chi connectivity index (χ0n) is 22.2. The molecule has 11 heteroatoms. The average molecular weight is 576 g/mol. The third-order valence-electron chi connectivity index (χ3n) is 8.41. The summed E-state index contributed by atoms with van der Waals surface area (Å²) in [6.07, 6.45) is -7.96. The van der Waals surface area contributed by atoms with Crippen molar-refractivity contribution in [3.05, 3.63) is 70.5 Å². The summed E-state index contributed by atoms with van der Waals surface area (Å²) in [5, 5.41) is 9.97. The number of likely N-dealkylation sites (N-methyl/N-ethyl adjacent to an activating group) is 1. The van der Waals surface area contributed by atoms with Crippen LogP contribution in [0.1, 0.15) is 79.7 Å². The lowest BCUT2D eigenvalue weighted by Gasteiger charge is -2.37. The molecule has 0 radical (unpaired) electrons. The molecule has 220 valence electrons. The number of carboxylic acid groups (broad SMARTS) is 1. The van der Waals surface area contributed by atoms with Gasteiger partial charge in [0.2, 0.25) is 0 Å². The Kier molecular flexibility index (Phi) is 8.57. The first-order valence-electron chi connectivity index (χ1n) is 13.2. The van der Waals surface area contributed by atoms with E-state index in [1.807, 2.05) is 11.9 Å². The molecule has 0 bridgehead atoms. The Labute approximate surface area is 228 Å². The van der Waals surface area contributed by atoms with Crippen molar-refractivity contribution < 1.29 is 45.4 Å². The molecule has 4 atom stereocenters. The maximum absolute atomic E-state index is 13.7. The third-order valence-corrected chi connectivity index (χ3v) is 8.41. The van der Waals surface area contributed by atoms with Crippen LogP contribution in [0.4, 0.5) is 30.7 Å². The van der Waals surface area contributed by atoms with Crippen molar-refractivity contribution in [1.82, 2.24) is 4.90 Å². The molecule has 4 nitrogen and oxygen atoms in total. The lowest BCUT2D eigenvalue weighted by atomic mass is 9.84. The number of aliphatic carboxylic acids is 1. The van der Waals surface area contributed by atoms with Crippen LogP contribution in [0.25, 0.3) is 0 Å². The molecule has 0 saturated heterocycles. The number of carbonyl (C=O) groups is 1. The van der Waals surface area contributed by atoms with E-state index in [0.717, 1.165) is 12.8 Å². The fraction of sp³-hybridized carbons (Fsp3) is 0.552. The second kappa shape index (κ2) is 11.3. The van der Waals surface area contributed by atoms with Gasteiger partial charge in [-0.1, -0.05) is 25.0 Å². The molecule has 0 amide bonds. The number of nitrogens with zero attached hydrogens (tertiary/aromatic N) is 1. The van der Waals surface area contributed by atoms with Crippen LogP contribution in [0.2, 0.25) is 0 Å². The Hall–Kier alpha value is -2.66. The van der Waals surface area contributed by atoms with E-state index in [2.05, 4.69) is 0 Å². The Morgan fingerprint density at radius 3 is 2.05 bits per heavy atom. The number of ether oxygens (including phenoxy) is 1. The number of carboxylic acids is 1. The zero-order chi connectivity index (χ0) is 29.5. The molecule has 2 aliphatic rings. The molecule has 2 aromatic rings. The van der Waals surface area contributed by atoms with Crippen molar-refractivity contribution in [3.63, 3.8) is 0 Å². The van der Waals surface area contributed by atoms with E-state index in [9.17, 15) is 40.6 Å². The minimum absolute atomic E-state index is 0.0827. The Morgan fingerprint density at radius 2 is 1.55 bits per heavy atom. The molecule has 4 rings (SSSR count). The van der Waals surface area contributed by atoms with Gasteiger partial charge >= 0.3 is 18.3 Å². The molecular weight excluding hydrogens is 543 g/mol. The summed E-state index contributed by atoms with van der Waals surface area (Å²) < 4.78 is 101. The molecule has 0 aliphatic heterocycles. The van der Waals surface area contributed by atoms with Gasteiger partial charge in [-0.05, 0) is 81.1 Å². The third kappa shape index (κ3) is 6.46. The summed E-state index contributed by atoms with van der Waals surface area (Å²) in [5.41, 5.74) is -3.28. The largest absolute Gasteiger partial charge is 0.481 e. The van der Waals surface area contributed by atoms with Crippen LogP contribution in [-0.4, -0.2) is 41.7 Å². The number of hydrogen-bond acceptors (Lipinski definition) is 3. The Balaban J connectivity index is 1.63. The van der Waals surface area contributed by atoms with E-state index in [-0.39, 0.29) is 24.2 Å². The molecule has 2 saturated carbocycles. The van der Waals surface area contributed by atoms with Crippen LogP contribution in [0.15, 0.2) is 42.5 Å². The normalized spacial score (nSPS) is 24.0. The fourth-order valence-electron chi connectivity index (χ4n) is 6.35. The van der Waals surface area contributed by atoms with Crippen molar-refractivity contribution >= 4 is 5.97 Å². The van der Waals surface area contributed by atoms with Gasteiger partial charge in [-0.15, -0.1) is 0 Å². The van der Waals surface area contributed by atoms with Gasteiger partial charge in [0.15, 0.2) is 0 Å². The standard InChI is InChI=1S/C29H32F7NO3/c1-17(19-13-20(28(31,32)33)15-21(14-19)29(34,35)36)40-24-10-9-23(25(24)18-5-7-22(30)8-6-18)37(2)16-27(26(38)39)11-3-4-12-27/h5-8,13-15,17,23-25H,3-4,9-12,16H2,1-2H3,(H,38,39)/t17-,23?,24?,25?/m0/s1. The molecule has 40 heavy (non-hydrogen) atoms. The predicted molar refractivity (Wildman–Crippen MR) is 133 cm³/mol. The van der Waals surface area contributed by atoms with Gasteiger partial charge in [0.05, 0.1) is 28.7 Å². The number of benzene rings is 2. The summed E-state index contributed by atoms with van der Waals surface area (Å²) >= 11 is 0. The fourth-order valence-corrected chi connectivity index (χ4v) is 6.35. The second-order valence-corrected chi connectivity index (χ2v) is 11.1. The second-order valence-electron chi connectivity index (χ2n) is 11.1. The molecule has 0 aromatic heterocycles. The highest BCUT2D eigenvalue weighted by atomic mass is 19.4. The lowest BCUT2D eigenvalue weighted by molar-refractivity contribution is -0.150. The van der Waals surface area contributed by atoms with Crippen molar-refractivity contribution in [2.45, 2.75) is 82.0 Å². The summed E-state index contributed by atoms with van der Waals surface area (Å²) in [6.45, 7) is 1.70. The van der Waals surface area contributed by atoms with Gasteiger partial charge in [-0.3, -0.25) is 4.79 Å². The summed E-state index contributed by atoms with van der Waals surface area (Å²) in [7, 11) is 1.82. The monoisotopic (exact) mass is 575 g/mol. The zero-order valence-corrected chi connectivity index (χ0v) is 22.2. The van der Waals surface area contributed by atoms with Crippen molar-refractivity contribution in [3.8, 4) is 0 Å². The van der Waals surface area contributed by atoms with Crippen LogP contribution in [0, 0.1) is 11.2 Å². The van der Waals surface area contributed by atoms with E-state index in [4.69, 9.17) is 4.74 Å². The van der Waals surface area contributed by atoms with Crippen LogP contribution in [-0.2, 0) is 21.9 Å². The summed E-state index contributed by atoms with van der Waals surface area (Å²) in [4.78, 5) is 14.1. The van der Waals surface area contributed by atoms with Gasteiger partial charge in [-0.2, -0.15) is 26.3 Å². The van der Waals surface area contributed by atoms with E-state index in [0.29, 0.717) is 43.4 Å². The van der Waals surface area contributed by atoms with E-state index < -0.39 is 58.8 Å². The molecule has 1 N–H and O–H groups in total. The van der Waals surface area contributed by atoms with Gasteiger partial charge in [0.25, 0.3) is 0 Å². The number of alkyl halides is 6. The van der Waals surface area contributed by atoms with Crippen molar-refractivity contribution in [1.29, 1.82) is 0 Å². The van der Waals surface area contributed by atoms with Crippen LogP contribution in [0.3, 0.4) is 0 Å². The molecule has 2 fully saturated rings. The topological polar surface area (TPSA) is 49.8 Å². The average Bonchev–Trinajstić information content (AvgIpc) is 3.51. The quantitative estimate of drug-likeness (QED) is 0.326. The first kappa shape index (κ1) is 30.3. The maximum atomic E-state index is 13.7. The number of halogens is 7. The summed E-state index contributed by atoms with van der Waals surface area (Å²) in [6, 6.07) is 6.92. The van der Waals surface area contributed by atoms with E-state index in [1.165, 1.54) is 19.1 Å². The minimum atomic E-state index is -4.98. The molecule has 0 spiro atoms. The van der Waals surface area contributed by atoms with E-state index >= 15 is 0 Å². The van der Waals surface area contributed by atoms with Gasteiger partial charge in [0.1, 0.15) is 5.82 Å². The van der Waals surface area contributed by atoms with Crippen LogP contribution in [0.5, 0.6) is 0 Å². The summed E-state index contributed by atoms with van der Waals surface area (Å²) in [5.74, 6) is -1.73. The molecule has 2 aliphatic carbocycles. The SMILES string of the molecule is C[C@H](OC1CCC(N(C)CC2(C(=O)O)CCCC2)C1c1ccc(F)cc1)c1cc(C(F)(F)F)cc(C(F)(F)F)c1. The highest BCUT2D eigenvalue weighted by molar-refractivity contribution is 5.75. The van der Waals surface area contributed by atoms with Gasteiger partial charge < -0.3 is 14.7 Å². The highest BCUT2D eigenvalue weighted by Gasteiger charge is 2.47. The first-order chi connectivity index (χ1) is 18.6.